The minimum absolute atomic E-state index is 0.0103. The van der Waals surface area contributed by atoms with E-state index in [0.29, 0.717) is 18.4 Å². The molecular weight excluding hydrogens is 245 g/mol. The maximum absolute atomic E-state index is 13.5. The molecular formula is C15H22FNO2. The molecule has 0 bridgehead atoms. The molecule has 0 aliphatic heterocycles. The van der Waals surface area contributed by atoms with E-state index in [9.17, 15) is 4.39 Å². The molecule has 0 spiro atoms. The maximum atomic E-state index is 13.5. The lowest BCUT2D eigenvalue weighted by Crippen LogP contribution is -2.61. The Hall–Kier alpha value is -1.13. The van der Waals surface area contributed by atoms with E-state index in [1.54, 1.807) is 18.2 Å². The molecule has 2 rings (SSSR count). The Kier molecular flexibility index (Phi) is 5.16. The van der Waals surface area contributed by atoms with E-state index in [1.165, 1.54) is 6.07 Å². The smallest absolute Gasteiger partial charge is 0.165 e. The van der Waals surface area contributed by atoms with Gasteiger partial charge in [0.05, 0.1) is 0 Å². The van der Waals surface area contributed by atoms with Crippen molar-refractivity contribution < 1.29 is 13.9 Å². The third-order valence-corrected chi connectivity index (χ3v) is 3.38. The monoisotopic (exact) mass is 267 g/mol. The van der Waals surface area contributed by atoms with Gasteiger partial charge >= 0.3 is 0 Å². The highest BCUT2D eigenvalue weighted by molar-refractivity contribution is 5.24. The van der Waals surface area contributed by atoms with Crippen molar-refractivity contribution in [1.29, 1.82) is 0 Å². The van der Waals surface area contributed by atoms with E-state index in [2.05, 4.69) is 12.2 Å². The van der Waals surface area contributed by atoms with Crippen molar-refractivity contribution in [3.63, 3.8) is 0 Å². The van der Waals surface area contributed by atoms with Crippen molar-refractivity contribution in [3.8, 4) is 5.75 Å². The van der Waals surface area contributed by atoms with Gasteiger partial charge in [0.1, 0.15) is 12.2 Å². The highest BCUT2D eigenvalue weighted by atomic mass is 19.1. The van der Waals surface area contributed by atoms with Gasteiger partial charge in [-0.2, -0.15) is 0 Å². The molecule has 0 aromatic heterocycles. The van der Waals surface area contributed by atoms with Crippen molar-refractivity contribution in [2.75, 3.05) is 13.2 Å². The van der Waals surface area contributed by atoms with Gasteiger partial charge in [0, 0.05) is 19.1 Å². The number of nitrogens with one attached hydrogen (secondary N) is 1. The van der Waals surface area contributed by atoms with Crippen LogP contribution in [0.2, 0.25) is 0 Å². The molecule has 1 fully saturated rings. The number of hydrogen-bond donors (Lipinski definition) is 1. The summed E-state index contributed by atoms with van der Waals surface area (Å²) >= 11 is 0. The van der Waals surface area contributed by atoms with Gasteiger partial charge in [-0.15, -0.1) is 0 Å². The highest BCUT2D eigenvalue weighted by Crippen LogP contribution is 2.30. The molecule has 0 radical (unpaired) electrons. The van der Waals surface area contributed by atoms with Gasteiger partial charge in [0.15, 0.2) is 11.6 Å². The first-order valence-corrected chi connectivity index (χ1v) is 7.02. The molecule has 3 nitrogen and oxygen atoms in total. The summed E-state index contributed by atoms with van der Waals surface area (Å²) in [6.45, 7) is 5.72. The molecule has 0 heterocycles. The second-order valence-electron chi connectivity index (χ2n) is 4.80. The standard InChI is InChI=1S/C15H22FNO2/c1-3-9-17-12-10-14(15(12)18-4-2)19-13-8-6-5-7-11(13)16/h5-8,12,14-15,17H,3-4,9-10H2,1-2H3. The van der Waals surface area contributed by atoms with Crippen molar-refractivity contribution in [3.05, 3.63) is 30.1 Å². The Balaban J connectivity index is 1.92. The number of rotatable bonds is 7. The fraction of sp³-hybridized carbons (Fsp3) is 0.600. The molecule has 1 aliphatic rings. The Morgan fingerprint density at radius 2 is 2.11 bits per heavy atom. The van der Waals surface area contributed by atoms with Crippen LogP contribution in [0.1, 0.15) is 26.7 Å². The summed E-state index contributed by atoms with van der Waals surface area (Å²) in [6.07, 6.45) is 1.90. The number of halogens is 1. The molecule has 1 aromatic carbocycles. The Labute approximate surface area is 114 Å². The molecule has 3 atom stereocenters. The van der Waals surface area contributed by atoms with Crippen molar-refractivity contribution in [2.45, 2.75) is 44.9 Å². The second kappa shape index (κ2) is 6.87. The Morgan fingerprint density at radius 1 is 1.32 bits per heavy atom. The van der Waals surface area contributed by atoms with Crippen LogP contribution >= 0.6 is 0 Å². The third kappa shape index (κ3) is 3.45. The number of hydrogen-bond acceptors (Lipinski definition) is 3. The zero-order valence-corrected chi connectivity index (χ0v) is 11.6. The molecule has 1 aromatic rings. The zero-order valence-electron chi connectivity index (χ0n) is 11.6. The van der Waals surface area contributed by atoms with Gasteiger partial charge in [-0.05, 0) is 32.0 Å². The molecule has 106 valence electrons. The number of ether oxygens (including phenoxy) is 2. The first-order chi connectivity index (χ1) is 9.26. The lowest BCUT2D eigenvalue weighted by molar-refractivity contribution is -0.105. The van der Waals surface area contributed by atoms with Crippen LogP contribution in [-0.4, -0.2) is 31.4 Å². The normalized spacial score (nSPS) is 25.9. The molecule has 1 N–H and O–H groups in total. The van der Waals surface area contributed by atoms with Crippen LogP contribution in [-0.2, 0) is 4.74 Å². The summed E-state index contributed by atoms with van der Waals surface area (Å²) in [5, 5.41) is 3.44. The predicted molar refractivity (Wildman–Crippen MR) is 72.9 cm³/mol. The highest BCUT2D eigenvalue weighted by Gasteiger charge is 2.43. The largest absolute Gasteiger partial charge is 0.485 e. The van der Waals surface area contributed by atoms with E-state index in [-0.39, 0.29) is 18.0 Å². The van der Waals surface area contributed by atoms with Crippen LogP contribution in [0.4, 0.5) is 4.39 Å². The van der Waals surface area contributed by atoms with Gasteiger partial charge in [0.2, 0.25) is 0 Å². The predicted octanol–water partition coefficient (Wildman–Crippen LogP) is 2.75. The molecule has 1 saturated carbocycles. The number of benzene rings is 1. The van der Waals surface area contributed by atoms with E-state index >= 15 is 0 Å². The summed E-state index contributed by atoms with van der Waals surface area (Å²) in [5.41, 5.74) is 0. The summed E-state index contributed by atoms with van der Waals surface area (Å²) in [5.74, 6) is -0.00568. The van der Waals surface area contributed by atoms with Crippen LogP contribution in [0.3, 0.4) is 0 Å². The first-order valence-electron chi connectivity index (χ1n) is 7.02. The molecule has 1 aliphatic carbocycles. The molecule has 3 unspecified atom stereocenters. The molecule has 19 heavy (non-hydrogen) atoms. The van der Waals surface area contributed by atoms with E-state index in [1.807, 2.05) is 6.92 Å². The van der Waals surface area contributed by atoms with Gasteiger partial charge in [-0.25, -0.2) is 4.39 Å². The second-order valence-corrected chi connectivity index (χ2v) is 4.80. The fourth-order valence-corrected chi connectivity index (χ4v) is 2.35. The Bertz CT molecular complexity index is 399. The van der Waals surface area contributed by atoms with Gasteiger partial charge in [-0.1, -0.05) is 19.1 Å². The van der Waals surface area contributed by atoms with E-state index in [0.717, 1.165) is 19.4 Å². The van der Waals surface area contributed by atoms with E-state index < -0.39 is 0 Å². The Morgan fingerprint density at radius 3 is 2.79 bits per heavy atom. The quantitative estimate of drug-likeness (QED) is 0.824. The van der Waals surface area contributed by atoms with Gasteiger partial charge in [0.25, 0.3) is 0 Å². The topological polar surface area (TPSA) is 30.5 Å². The minimum atomic E-state index is -0.317. The molecule has 0 saturated heterocycles. The average Bonchev–Trinajstić information content (AvgIpc) is 2.41. The first kappa shape index (κ1) is 14.3. The van der Waals surface area contributed by atoms with Crippen LogP contribution in [0, 0.1) is 5.82 Å². The molecule has 0 amide bonds. The zero-order chi connectivity index (χ0) is 13.7. The molecule has 4 heteroatoms. The summed E-state index contributed by atoms with van der Waals surface area (Å²) in [6, 6.07) is 6.83. The van der Waals surface area contributed by atoms with Crippen molar-refractivity contribution in [2.24, 2.45) is 0 Å². The van der Waals surface area contributed by atoms with Crippen molar-refractivity contribution >= 4 is 0 Å². The summed E-state index contributed by atoms with van der Waals surface area (Å²) in [7, 11) is 0. The SMILES string of the molecule is CCCNC1CC(Oc2ccccc2F)C1OCC. The summed E-state index contributed by atoms with van der Waals surface area (Å²) < 4.78 is 25.0. The average molecular weight is 267 g/mol. The van der Waals surface area contributed by atoms with Crippen LogP contribution in [0.15, 0.2) is 24.3 Å². The lowest BCUT2D eigenvalue weighted by Gasteiger charge is -2.44. The third-order valence-electron chi connectivity index (χ3n) is 3.38. The van der Waals surface area contributed by atoms with Gasteiger partial charge < -0.3 is 14.8 Å². The van der Waals surface area contributed by atoms with Crippen LogP contribution in [0.5, 0.6) is 5.75 Å². The van der Waals surface area contributed by atoms with E-state index in [4.69, 9.17) is 9.47 Å². The fourth-order valence-electron chi connectivity index (χ4n) is 2.35. The summed E-state index contributed by atoms with van der Waals surface area (Å²) in [4.78, 5) is 0. The lowest BCUT2D eigenvalue weighted by atomic mass is 9.85. The van der Waals surface area contributed by atoms with Crippen molar-refractivity contribution in [1.82, 2.24) is 5.32 Å². The maximum Gasteiger partial charge on any atom is 0.165 e. The van der Waals surface area contributed by atoms with Gasteiger partial charge in [-0.3, -0.25) is 0 Å². The van der Waals surface area contributed by atoms with Crippen LogP contribution in [0.25, 0.3) is 0 Å². The van der Waals surface area contributed by atoms with Crippen LogP contribution < -0.4 is 10.1 Å². The minimum Gasteiger partial charge on any atom is -0.485 e. The number of para-hydroxylation sites is 1.